The third-order valence-corrected chi connectivity index (χ3v) is 7.69. The Balaban J connectivity index is 2.52. The lowest BCUT2D eigenvalue weighted by atomic mass is 10.0. The van der Waals surface area contributed by atoms with E-state index in [-0.39, 0.29) is 0 Å². The van der Waals surface area contributed by atoms with Crippen LogP contribution in [-0.2, 0) is 23.2 Å². The van der Waals surface area contributed by atoms with E-state index in [9.17, 15) is 0 Å². The van der Waals surface area contributed by atoms with Crippen LogP contribution in [0.5, 0.6) is 0 Å². The van der Waals surface area contributed by atoms with Crippen LogP contribution in [0.2, 0.25) is 0 Å². The Hall–Kier alpha value is -0.723. The van der Waals surface area contributed by atoms with Crippen LogP contribution in [0.4, 0.5) is 0 Å². The minimum Gasteiger partial charge on any atom is -0.372 e. The van der Waals surface area contributed by atoms with Crippen molar-refractivity contribution < 1.29 is 18.0 Å². The highest BCUT2D eigenvalue weighted by atomic mass is 28.4. The van der Waals surface area contributed by atoms with Gasteiger partial charge in [0.2, 0.25) is 0 Å². The Morgan fingerprint density at radius 2 is 1.55 bits per heavy atom. The minimum atomic E-state index is -3.01. The maximum Gasteiger partial charge on any atom is 0.539 e. The van der Waals surface area contributed by atoms with E-state index in [4.69, 9.17) is 18.0 Å². The summed E-state index contributed by atoms with van der Waals surface area (Å²) in [7, 11) is -3.01. The first-order chi connectivity index (χ1) is 10.7. The highest BCUT2D eigenvalue weighted by molar-refractivity contribution is 6.63. The van der Waals surface area contributed by atoms with Gasteiger partial charge in [0.05, 0.1) is 0 Å². The lowest BCUT2D eigenvalue weighted by molar-refractivity contribution is -0.0983. The first kappa shape index (κ1) is 17.6. The van der Waals surface area contributed by atoms with Crippen LogP contribution in [0.1, 0.15) is 45.6 Å². The summed E-state index contributed by atoms with van der Waals surface area (Å²) in [6.07, 6.45) is 3.05. The molecular formula is C17H28O4Si. The van der Waals surface area contributed by atoms with Crippen molar-refractivity contribution in [2.45, 2.75) is 45.3 Å². The Morgan fingerprint density at radius 1 is 0.955 bits per heavy atom. The molecular weight excluding hydrogens is 296 g/mol. The molecule has 0 aliphatic carbocycles. The summed E-state index contributed by atoms with van der Waals surface area (Å²) in [6.45, 7) is 8.36. The van der Waals surface area contributed by atoms with E-state index < -0.39 is 14.0 Å². The van der Waals surface area contributed by atoms with Crippen LogP contribution in [0.15, 0.2) is 30.3 Å². The van der Waals surface area contributed by atoms with Gasteiger partial charge in [0, 0.05) is 26.4 Å². The van der Waals surface area contributed by atoms with Crippen molar-refractivity contribution in [1.29, 1.82) is 0 Å². The van der Waals surface area contributed by atoms with Crippen molar-refractivity contribution in [2.24, 2.45) is 0 Å². The standard InChI is InChI=1S/C17H28O4Si/c1-4-19-22(20-5-2,21-6-3)17(14-10-11-15-18-17)16-12-8-7-9-13-16/h7-9,12-13H,4-6,10-11,14-15H2,1-3H3. The van der Waals surface area contributed by atoms with Crippen molar-refractivity contribution in [1.82, 2.24) is 0 Å². The largest absolute Gasteiger partial charge is 0.539 e. The predicted octanol–water partition coefficient (Wildman–Crippen LogP) is 3.67. The van der Waals surface area contributed by atoms with Crippen LogP contribution < -0.4 is 0 Å². The molecule has 1 atom stereocenters. The maximum atomic E-state index is 6.36. The molecule has 2 rings (SSSR count). The second kappa shape index (κ2) is 8.22. The van der Waals surface area contributed by atoms with E-state index in [2.05, 4.69) is 12.1 Å². The fourth-order valence-corrected chi connectivity index (χ4v) is 6.56. The molecule has 4 nitrogen and oxygen atoms in total. The lowest BCUT2D eigenvalue weighted by Gasteiger charge is -2.47. The Bertz CT molecular complexity index is 415. The van der Waals surface area contributed by atoms with Gasteiger partial charge in [-0.2, -0.15) is 0 Å². The van der Waals surface area contributed by atoms with E-state index in [0.717, 1.165) is 31.4 Å². The zero-order valence-electron chi connectivity index (χ0n) is 14.0. The Morgan fingerprint density at radius 3 is 2.00 bits per heavy atom. The van der Waals surface area contributed by atoms with Gasteiger partial charge in [-0.05, 0) is 45.6 Å². The van der Waals surface area contributed by atoms with Gasteiger partial charge in [0.25, 0.3) is 0 Å². The normalized spacial score (nSPS) is 22.7. The predicted molar refractivity (Wildman–Crippen MR) is 88.6 cm³/mol. The summed E-state index contributed by atoms with van der Waals surface area (Å²) >= 11 is 0. The van der Waals surface area contributed by atoms with E-state index in [1.165, 1.54) is 0 Å². The quantitative estimate of drug-likeness (QED) is 0.684. The van der Waals surface area contributed by atoms with Crippen LogP contribution in [-0.4, -0.2) is 35.2 Å². The fourth-order valence-electron chi connectivity index (χ4n) is 3.19. The topological polar surface area (TPSA) is 36.9 Å². The number of rotatable bonds is 8. The van der Waals surface area contributed by atoms with E-state index in [0.29, 0.717) is 19.8 Å². The third-order valence-electron chi connectivity index (χ3n) is 4.01. The summed E-state index contributed by atoms with van der Waals surface area (Å²) in [4.78, 5) is 0. The molecule has 1 unspecified atom stereocenters. The number of hydrogen-bond donors (Lipinski definition) is 0. The molecule has 5 heteroatoms. The van der Waals surface area contributed by atoms with Gasteiger partial charge in [-0.3, -0.25) is 0 Å². The number of ether oxygens (including phenoxy) is 1. The number of benzene rings is 1. The molecule has 22 heavy (non-hydrogen) atoms. The molecule has 1 saturated heterocycles. The van der Waals surface area contributed by atoms with Crippen molar-refractivity contribution in [2.75, 3.05) is 26.4 Å². The zero-order chi connectivity index (χ0) is 15.9. The van der Waals surface area contributed by atoms with E-state index >= 15 is 0 Å². The molecule has 1 aromatic carbocycles. The molecule has 0 saturated carbocycles. The van der Waals surface area contributed by atoms with Crippen LogP contribution in [0.3, 0.4) is 0 Å². The SMILES string of the molecule is CCO[Si](OCC)(OCC)C1(c2ccccc2)CCCCO1. The molecule has 1 aliphatic heterocycles. The summed E-state index contributed by atoms with van der Waals surface area (Å²) in [6, 6.07) is 10.3. The summed E-state index contributed by atoms with van der Waals surface area (Å²) in [5, 5.41) is -0.589. The first-order valence-electron chi connectivity index (χ1n) is 8.36. The van der Waals surface area contributed by atoms with Crippen molar-refractivity contribution >= 4 is 8.80 Å². The molecule has 0 radical (unpaired) electrons. The van der Waals surface area contributed by atoms with Gasteiger partial charge >= 0.3 is 8.80 Å². The number of hydrogen-bond acceptors (Lipinski definition) is 4. The van der Waals surface area contributed by atoms with Crippen molar-refractivity contribution in [3.8, 4) is 0 Å². The van der Waals surface area contributed by atoms with E-state index in [1.54, 1.807) is 0 Å². The molecule has 0 amide bonds. The molecule has 1 aromatic rings. The smallest absolute Gasteiger partial charge is 0.372 e. The maximum absolute atomic E-state index is 6.36. The second-order valence-corrected chi connectivity index (χ2v) is 8.14. The van der Waals surface area contributed by atoms with Gasteiger partial charge < -0.3 is 18.0 Å². The van der Waals surface area contributed by atoms with E-state index in [1.807, 2.05) is 39.0 Å². The highest BCUT2D eigenvalue weighted by Crippen LogP contribution is 2.44. The molecule has 0 spiro atoms. The van der Waals surface area contributed by atoms with Gasteiger partial charge in [-0.15, -0.1) is 0 Å². The average Bonchev–Trinajstić information content (AvgIpc) is 2.57. The lowest BCUT2D eigenvalue weighted by Crippen LogP contribution is -2.65. The highest BCUT2D eigenvalue weighted by Gasteiger charge is 2.63. The Labute approximate surface area is 135 Å². The van der Waals surface area contributed by atoms with Gasteiger partial charge in [0.15, 0.2) is 5.22 Å². The summed E-state index contributed by atoms with van der Waals surface area (Å²) in [5.74, 6) is 0. The molecule has 0 N–H and O–H groups in total. The molecule has 1 heterocycles. The summed E-state index contributed by atoms with van der Waals surface area (Å²) < 4.78 is 24.9. The fraction of sp³-hybridized carbons (Fsp3) is 0.647. The molecule has 0 bridgehead atoms. The zero-order valence-corrected chi connectivity index (χ0v) is 15.0. The molecule has 0 aromatic heterocycles. The second-order valence-electron chi connectivity index (χ2n) is 5.35. The Kier molecular flexibility index (Phi) is 6.59. The molecule has 124 valence electrons. The first-order valence-corrected chi connectivity index (χ1v) is 10.1. The van der Waals surface area contributed by atoms with Gasteiger partial charge in [0.1, 0.15) is 0 Å². The van der Waals surface area contributed by atoms with Crippen LogP contribution in [0, 0.1) is 0 Å². The van der Waals surface area contributed by atoms with Crippen LogP contribution in [0.25, 0.3) is 0 Å². The van der Waals surface area contributed by atoms with Gasteiger partial charge in [-0.1, -0.05) is 30.3 Å². The minimum absolute atomic E-state index is 0.560. The molecule has 1 fully saturated rings. The third kappa shape index (κ3) is 3.28. The van der Waals surface area contributed by atoms with Gasteiger partial charge in [-0.25, -0.2) is 0 Å². The molecule has 1 aliphatic rings. The van der Waals surface area contributed by atoms with Crippen molar-refractivity contribution in [3.05, 3.63) is 35.9 Å². The summed E-state index contributed by atoms with van der Waals surface area (Å²) in [5.41, 5.74) is 1.11. The van der Waals surface area contributed by atoms with Crippen molar-refractivity contribution in [3.63, 3.8) is 0 Å². The van der Waals surface area contributed by atoms with Crippen LogP contribution >= 0.6 is 0 Å². The average molecular weight is 324 g/mol. The monoisotopic (exact) mass is 324 g/mol.